The first-order chi connectivity index (χ1) is 13.3. The smallest absolute Gasteiger partial charge is 0.225 e. The number of rotatable bonds is 9. The fraction of sp³-hybridized carbons (Fsp3) is 0.524. The second-order valence-electron chi connectivity index (χ2n) is 6.83. The first-order valence-corrected chi connectivity index (χ1v) is 9.96. The first kappa shape index (κ1) is 19.3. The molecule has 0 unspecified atom stereocenters. The van der Waals surface area contributed by atoms with Crippen LogP contribution in [-0.2, 0) is 4.79 Å². The van der Waals surface area contributed by atoms with Crippen molar-refractivity contribution in [2.45, 2.75) is 57.9 Å². The molecule has 6 heteroatoms. The van der Waals surface area contributed by atoms with E-state index in [9.17, 15) is 4.79 Å². The van der Waals surface area contributed by atoms with E-state index in [1.54, 1.807) is 6.20 Å². The predicted molar refractivity (Wildman–Crippen MR) is 105 cm³/mol. The van der Waals surface area contributed by atoms with Crippen molar-refractivity contribution in [3.8, 4) is 11.5 Å². The maximum Gasteiger partial charge on any atom is 0.225 e. The van der Waals surface area contributed by atoms with Crippen LogP contribution in [0.4, 0.5) is 5.82 Å². The fourth-order valence-electron chi connectivity index (χ4n) is 3.49. The van der Waals surface area contributed by atoms with Gasteiger partial charge in [0.2, 0.25) is 5.91 Å². The van der Waals surface area contributed by atoms with Gasteiger partial charge < -0.3 is 14.8 Å². The van der Waals surface area contributed by atoms with Gasteiger partial charge in [-0.1, -0.05) is 31.4 Å². The van der Waals surface area contributed by atoms with Gasteiger partial charge in [0.15, 0.2) is 11.5 Å². The van der Waals surface area contributed by atoms with Crippen LogP contribution >= 0.6 is 0 Å². The van der Waals surface area contributed by atoms with E-state index in [1.807, 2.05) is 41.9 Å². The summed E-state index contributed by atoms with van der Waals surface area (Å²) in [4.78, 5) is 12.3. The van der Waals surface area contributed by atoms with Gasteiger partial charge in [0.05, 0.1) is 25.5 Å². The lowest BCUT2D eigenvalue weighted by Crippen LogP contribution is -2.20. The molecule has 0 spiro atoms. The van der Waals surface area contributed by atoms with Crippen molar-refractivity contribution in [1.82, 2.24) is 9.78 Å². The quantitative estimate of drug-likeness (QED) is 0.655. The van der Waals surface area contributed by atoms with Crippen molar-refractivity contribution in [3.63, 3.8) is 0 Å². The third-order valence-electron chi connectivity index (χ3n) is 4.81. The van der Waals surface area contributed by atoms with Crippen molar-refractivity contribution >= 4 is 11.7 Å². The highest BCUT2D eigenvalue weighted by Gasteiger charge is 2.19. The zero-order chi connectivity index (χ0) is 18.9. The SMILES string of the molecule is CCOc1ccccc1OCCCC(=O)Nc1ccnn1C1CCCCC1. The van der Waals surface area contributed by atoms with Gasteiger partial charge in [-0.2, -0.15) is 5.10 Å². The monoisotopic (exact) mass is 371 g/mol. The molecule has 2 aromatic rings. The predicted octanol–water partition coefficient (Wildman–Crippen LogP) is 4.58. The van der Waals surface area contributed by atoms with Crippen LogP contribution in [0.1, 0.15) is 57.9 Å². The van der Waals surface area contributed by atoms with Crippen molar-refractivity contribution < 1.29 is 14.3 Å². The van der Waals surface area contributed by atoms with Crippen LogP contribution in [0, 0.1) is 0 Å². The van der Waals surface area contributed by atoms with Crippen molar-refractivity contribution in [3.05, 3.63) is 36.5 Å². The van der Waals surface area contributed by atoms with Gasteiger partial charge in [0, 0.05) is 12.5 Å². The van der Waals surface area contributed by atoms with E-state index < -0.39 is 0 Å². The third-order valence-corrected chi connectivity index (χ3v) is 4.81. The molecule has 1 aromatic carbocycles. The number of benzene rings is 1. The number of ether oxygens (including phenoxy) is 2. The van der Waals surface area contributed by atoms with Crippen LogP contribution in [0.2, 0.25) is 0 Å². The van der Waals surface area contributed by atoms with Crippen molar-refractivity contribution in [2.24, 2.45) is 0 Å². The Morgan fingerprint density at radius 3 is 2.63 bits per heavy atom. The van der Waals surface area contributed by atoms with E-state index in [-0.39, 0.29) is 5.91 Å². The lowest BCUT2D eigenvalue weighted by atomic mass is 9.96. The van der Waals surface area contributed by atoms with Crippen molar-refractivity contribution in [2.75, 3.05) is 18.5 Å². The molecule has 3 rings (SSSR count). The molecule has 27 heavy (non-hydrogen) atoms. The molecule has 0 saturated heterocycles. The van der Waals surface area contributed by atoms with Gasteiger partial charge in [-0.05, 0) is 38.3 Å². The van der Waals surface area contributed by atoms with E-state index in [2.05, 4.69) is 10.4 Å². The van der Waals surface area contributed by atoms with Crippen LogP contribution in [0.25, 0.3) is 0 Å². The number of para-hydroxylation sites is 2. The standard InChI is InChI=1S/C21H29N3O3/c1-2-26-18-11-6-7-12-19(18)27-16-8-13-21(25)23-20-14-15-22-24(20)17-9-4-3-5-10-17/h6-7,11-12,14-15,17H,2-5,8-10,13,16H2,1H3,(H,23,25). The summed E-state index contributed by atoms with van der Waals surface area (Å²) in [6.45, 7) is 3.01. The number of hydrogen-bond acceptors (Lipinski definition) is 4. The molecular weight excluding hydrogens is 342 g/mol. The molecule has 1 aliphatic carbocycles. The number of anilines is 1. The molecule has 146 valence electrons. The average Bonchev–Trinajstić information content (AvgIpc) is 3.15. The highest BCUT2D eigenvalue weighted by Crippen LogP contribution is 2.30. The Bertz CT molecular complexity index is 723. The number of nitrogens with zero attached hydrogens (tertiary/aromatic N) is 2. The second-order valence-corrected chi connectivity index (χ2v) is 6.83. The van der Waals surface area contributed by atoms with Crippen LogP contribution in [0.15, 0.2) is 36.5 Å². The topological polar surface area (TPSA) is 65.4 Å². The first-order valence-electron chi connectivity index (χ1n) is 9.96. The van der Waals surface area contributed by atoms with Gasteiger partial charge >= 0.3 is 0 Å². The highest BCUT2D eigenvalue weighted by molar-refractivity contribution is 5.89. The van der Waals surface area contributed by atoms with Gasteiger partial charge in [-0.3, -0.25) is 4.79 Å². The number of carbonyl (C=O) groups excluding carboxylic acids is 1. The molecule has 1 fully saturated rings. The normalized spacial score (nSPS) is 14.7. The average molecular weight is 371 g/mol. The summed E-state index contributed by atoms with van der Waals surface area (Å²) in [5.41, 5.74) is 0. The van der Waals surface area contributed by atoms with E-state index in [1.165, 1.54) is 19.3 Å². The molecule has 0 radical (unpaired) electrons. The Morgan fingerprint density at radius 1 is 1.15 bits per heavy atom. The number of amides is 1. The molecule has 1 aliphatic rings. The van der Waals surface area contributed by atoms with E-state index in [0.29, 0.717) is 32.1 Å². The molecule has 1 N–H and O–H groups in total. The van der Waals surface area contributed by atoms with Gasteiger partial charge in [0.1, 0.15) is 5.82 Å². The third kappa shape index (κ3) is 5.49. The zero-order valence-electron chi connectivity index (χ0n) is 16.0. The lowest BCUT2D eigenvalue weighted by molar-refractivity contribution is -0.116. The Balaban J connectivity index is 1.44. The number of hydrogen-bond donors (Lipinski definition) is 1. The molecule has 0 bridgehead atoms. The molecule has 1 heterocycles. The van der Waals surface area contributed by atoms with E-state index >= 15 is 0 Å². The molecule has 0 atom stereocenters. The Kier molecular flexibility index (Phi) is 7.13. The van der Waals surface area contributed by atoms with E-state index in [0.717, 1.165) is 30.2 Å². The lowest BCUT2D eigenvalue weighted by Gasteiger charge is -2.23. The second kappa shape index (κ2) is 10.00. The Morgan fingerprint density at radius 2 is 1.89 bits per heavy atom. The van der Waals surface area contributed by atoms with Crippen LogP contribution in [0.3, 0.4) is 0 Å². The maximum absolute atomic E-state index is 12.3. The maximum atomic E-state index is 12.3. The number of nitrogens with one attached hydrogen (secondary N) is 1. The molecule has 1 saturated carbocycles. The molecule has 1 amide bonds. The summed E-state index contributed by atoms with van der Waals surface area (Å²) in [7, 11) is 0. The molecule has 6 nitrogen and oxygen atoms in total. The van der Waals surface area contributed by atoms with Crippen molar-refractivity contribution in [1.29, 1.82) is 0 Å². The van der Waals surface area contributed by atoms with Gasteiger partial charge in [-0.15, -0.1) is 0 Å². The summed E-state index contributed by atoms with van der Waals surface area (Å²) < 4.78 is 13.3. The molecule has 1 aromatic heterocycles. The summed E-state index contributed by atoms with van der Waals surface area (Å²) in [5.74, 6) is 2.25. The molecular formula is C21H29N3O3. The van der Waals surface area contributed by atoms with Gasteiger partial charge in [-0.25, -0.2) is 4.68 Å². The zero-order valence-corrected chi connectivity index (χ0v) is 16.0. The van der Waals surface area contributed by atoms with Crippen LogP contribution < -0.4 is 14.8 Å². The highest BCUT2D eigenvalue weighted by atomic mass is 16.5. The summed E-state index contributed by atoms with van der Waals surface area (Å²) in [5, 5.41) is 7.42. The van der Waals surface area contributed by atoms with Crippen LogP contribution in [0.5, 0.6) is 11.5 Å². The Labute approximate surface area is 160 Å². The summed E-state index contributed by atoms with van der Waals surface area (Å²) >= 11 is 0. The number of carbonyl (C=O) groups is 1. The van der Waals surface area contributed by atoms with Crippen LogP contribution in [-0.4, -0.2) is 28.9 Å². The minimum Gasteiger partial charge on any atom is -0.490 e. The fourth-order valence-corrected chi connectivity index (χ4v) is 3.49. The minimum absolute atomic E-state index is 0.00532. The minimum atomic E-state index is -0.00532. The largest absolute Gasteiger partial charge is 0.490 e. The van der Waals surface area contributed by atoms with E-state index in [4.69, 9.17) is 9.47 Å². The summed E-state index contributed by atoms with van der Waals surface area (Å²) in [6, 6.07) is 9.88. The Hall–Kier alpha value is -2.50. The van der Waals surface area contributed by atoms with Gasteiger partial charge in [0.25, 0.3) is 0 Å². The summed E-state index contributed by atoms with van der Waals surface area (Å²) in [6.07, 6.45) is 8.85. The molecule has 0 aliphatic heterocycles. The number of aromatic nitrogens is 2.